The highest BCUT2D eigenvalue weighted by Gasteiger charge is 2.17. The zero-order valence-electron chi connectivity index (χ0n) is 17.8. The number of carbonyl (C=O) groups excluding carboxylic acids is 2. The van der Waals surface area contributed by atoms with Gasteiger partial charge in [-0.05, 0) is 73.7 Å². The maximum absolute atomic E-state index is 12.7. The number of amides is 2. The summed E-state index contributed by atoms with van der Waals surface area (Å²) in [5, 5.41) is 0.524. The minimum Gasteiger partial charge on any atom is -0.268 e. The first-order chi connectivity index (χ1) is 16.1. The van der Waals surface area contributed by atoms with Crippen LogP contribution in [0.15, 0.2) is 65.7 Å². The van der Waals surface area contributed by atoms with Crippen molar-refractivity contribution in [2.45, 2.75) is 32.1 Å². The molecule has 33 heavy (non-hydrogen) atoms. The maximum atomic E-state index is 12.7. The van der Waals surface area contributed by atoms with E-state index < -0.39 is 5.91 Å². The highest BCUT2D eigenvalue weighted by atomic mass is 32.1. The molecule has 5 rings (SSSR count). The van der Waals surface area contributed by atoms with E-state index >= 15 is 0 Å². The Bertz CT molecular complexity index is 1380. The summed E-state index contributed by atoms with van der Waals surface area (Å²) in [6.45, 7) is 0. The summed E-state index contributed by atoms with van der Waals surface area (Å²) in [7, 11) is 0. The van der Waals surface area contributed by atoms with Crippen molar-refractivity contribution in [2.75, 3.05) is 0 Å². The van der Waals surface area contributed by atoms with Crippen LogP contribution in [0.5, 0.6) is 0 Å². The summed E-state index contributed by atoms with van der Waals surface area (Å²) in [6, 6.07) is 15.6. The van der Waals surface area contributed by atoms with E-state index in [0.717, 1.165) is 25.7 Å². The minimum absolute atomic E-state index is 0.181. The fraction of sp³-hybridized carbons (Fsp3) is 0.200. The Kier molecular flexibility index (Phi) is 5.75. The Balaban J connectivity index is 1.26. The molecule has 0 spiro atoms. The van der Waals surface area contributed by atoms with Gasteiger partial charge in [0, 0.05) is 10.4 Å². The van der Waals surface area contributed by atoms with Crippen molar-refractivity contribution >= 4 is 34.1 Å². The predicted octanol–water partition coefficient (Wildman–Crippen LogP) is 3.79. The molecule has 1 aliphatic rings. The third kappa shape index (κ3) is 4.29. The molecule has 2 aromatic heterocycles. The molecule has 2 N–H and O–H groups in total. The topological polar surface area (TPSA) is 93.1 Å². The van der Waals surface area contributed by atoms with Gasteiger partial charge in [0.05, 0.1) is 21.5 Å². The van der Waals surface area contributed by atoms with Crippen LogP contribution in [0.25, 0.3) is 16.6 Å². The number of aromatic nitrogens is 2. The van der Waals surface area contributed by atoms with E-state index in [-0.39, 0.29) is 11.5 Å². The molecule has 0 bridgehead atoms. The Hall–Kier alpha value is -3.78. The second kappa shape index (κ2) is 8.99. The molecule has 1 aliphatic carbocycles. The lowest BCUT2D eigenvalue weighted by Crippen LogP contribution is -2.41. The van der Waals surface area contributed by atoms with Gasteiger partial charge in [0.2, 0.25) is 0 Å². The number of nitrogens with zero attached hydrogens (tertiary/aromatic N) is 2. The lowest BCUT2D eigenvalue weighted by Gasteiger charge is -2.09. The molecule has 0 atom stereocenters. The predicted molar refractivity (Wildman–Crippen MR) is 128 cm³/mol. The molecule has 0 fully saturated rings. The van der Waals surface area contributed by atoms with Gasteiger partial charge in [-0.1, -0.05) is 18.6 Å². The maximum Gasteiger partial charge on any atom is 0.279 e. The number of benzene rings is 2. The zero-order valence-corrected chi connectivity index (χ0v) is 18.7. The van der Waals surface area contributed by atoms with E-state index in [1.807, 2.05) is 12.1 Å². The van der Waals surface area contributed by atoms with E-state index in [9.17, 15) is 14.4 Å². The third-order valence-electron chi connectivity index (χ3n) is 5.83. The molecule has 4 aromatic rings. The average Bonchev–Trinajstić information content (AvgIpc) is 3.13. The molecule has 2 aromatic carbocycles. The lowest BCUT2D eigenvalue weighted by atomic mass is 10.1. The highest BCUT2D eigenvalue weighted by Crippen LogP contribution is 2.28. The van der Waals surface area contributed by atoms with Crippen LogP contribution < -0.4 is 16.4 Å². The molecule has 2 heterocycles. The third-order valence-corrected chi connectivity index (χ3v) is 7.07. The fourth-order valence-electron chi connectivity index (χ4n) is 4.05. The average molecular weight is 459 g/mol. The largest absolute Gasteiger partial charge is 0.279 e. The van der Waals surface area contributed by atoms with E-state index in [0.29, 0.717) is 27.0 Å². The van der Waals surface area contributed by atoms with Gasteiger partial charge in [-0.15, -0.1) is 11.3 Å². The van der Waals surface area contributed by atoms with E-state index in [1.165, 1.54) is 39.1 Å². The molecule has 0 saturated heterocycles. The summed E-state index contributed by atoms with van der Waals surface area (Å²) in [4.78, 5) is 44.0. The van der Waals surface area contributed by atoms with Crippen molar-refractivity contribution < 1.29 is 9.59 Å². The quantitative estimate of drug-likeness (QED) is 0.361. The first-order valence-corrected chi connectivity index (χ1v) is 11.7. The van der Waals surface area contributed by atoms with Crippen molar-refractivity contribution in [1.82, 2.24) is 20.4 Å². The fourth-order valence-corrected chi connectivity index (χ4v) is 5.20. The Morgan fingerprint density at radius 3 is 2.52 bits per heavy atom. The minimum atomic E-state index is -0.433. The van der Waals surface area contributed by atoms with Crippen molar-refractivity contribution in [3.05, 3.63) is 92.2 Å². The van der Waals surface area contributed by atoms with Crippen LogP contribution in [0.1, 0.15) is 49.7 Å². The second-order valence-corrected chi connectivity index (χ2v) is 9.15. The smallest absolute Gasteiger partial charge is 0.268 e. The number of nitrogens with one attached hydrogen (secondary N) is 2. The first kappa shape index (κ1) is 21.1. The molecule has 2 amide bonds. The number of fused-ring (bicyclic) bond motifs is 2. The summed E-state index contributed by atoms with van der Waals surface area (Å²) in [5.41, 5.74) is 7.64. The number of hydrazine groups is 1. The van der Waals surface area contributed by atoms with E-state index in [1.54, 1.807) is 42.5 Å². The summed E-state index contributed by atoms with van der Waals surface area (Å²) < 4.78 is 1.44. The number of para-hydroxylation sites is 1. The summed E-state index contributed by atoms with van der Waals surface area (Å²) in [5.74, 6) is -0.746. The van der Waals surface area contributed by atoms with Gasteiger partial charge in [-0.25, -0.2) is 4.98 Å². The van der Waals surface area contributed by atoms with Crippen LogP contribution in [-0.4, -0.2) is 21.4 Å². The van der Waals surface area contributed by atoms with Gasteiger partial charge in [0.25, 0.3) is 17.4 Å². The number of thiophene rings is 1. The van der Waals surface area contributed by atoms with Crippen molar-refractivity contribution in [3.8, 4) is 5.69 Å². The van der Waals surface area contributed by atoms with Gasteiger partial charge < -0.3 is 0 Å². The van der Waals surface area contributed by atoms with Crippen molar-refractivity contribution in [1.29, 1.82) is 0 Å². The molecule has 166 valence electrons. The monoisotopic (exact) mass is 458 g/mol. The number of carbonyl (C=O) groups is 2. The number of hydrogen-bond acceptors (Lipinski definition) is 5. The Morgan fingerprint density at radius 2 is 1.67 bits per heavy atom. The van der Waals surface area contributed by atoms with Crippen molar-refractivity contribution in [3.63, 3.8) is 0 Å². The highest BCUT2D eigenvalue weighted by molar-refractivity contribution is 7.14. The summed E-state index contributed by atoms with van der Waals surface area (Å²) in [6.07, 6.45) is 7.03. The van der Waals surface area contributed by atoms with Crippen LogP contribution in [-0.2, 0) is 12.8 Å². The molecule has 7 nitrogen and oxygen atoms in total. The molecular weight excluding hydrogens is 436 g/mol. The van der Waals surface area contributed by atoms with Crippen LogP contribution in [0, 0.1) is 0 Å². The van der Waals surface area contributed by atoms with Gasteiger partial charge in [0.1, 0.15) is 6.33 Å². The number of rotatable bonds is 3. The van der Waals surface area contributed by atoms with Gasteiger partial charge >= 0.3 is 0 Å². The second-order valence-electron chi connectivity index (χ2n) is 8.01. The molecule has 0 saturated carbocycles. The standard InChI is InChI=1S/C25H22N4O3S/c30-23(27-28-24(31)22-14-17-6-2-1-3-9-21(17)33-22)16-10-12-18(13-11-16)29-15-26-20-8-5-4-7-19(20)25(29)32/h4-5,7-8,10-15H,1-3,6,9H2,(H,27,30)(H,28,31). The molecular formula is C25H22N4O3S. The number of hydrogen-bond donors (Lipinski definition) is 2. The molecule has 8 heteroatoms. The van der Waals surface area contributed by atoms with Crippen LogP contribution in [0.3, 0.4) is 0 Å². The van der Waals surface area contributed by atoms with E-state index in [4.69, 9.17) is 0 Å². The molecule has 0 radical (unpaired) electrons. The molecule has 0 unspecified atom stereocenters. The van der Waals surface area contributed by atoms with Crippen molar-refractivity contribution in [2.24, 2.45) is 0 Å². The SMILES string of the molecule is O=C(NNC(=O)c1cc2c(s1)CCCCC2)c1ccc(-n2cnc3ccccc3c2=O)cc1. The van der Waals surface area contributed by atoms with Crippen LogP contribution in [0.2, 0.25) is 0 Å². The van der Waals surface area contributed by atoms with Crippen LogP contribution >= 0.6 is 11.3 Å². The zero-order chi connectivity index (χ0) is 22.8. The van der Waals surface area contributed by atoms with Crippen LogP contribution in [0.4, 0.5) is 0 Å². The van der Waals surface area contributed by atoms with E-state index in [2.05, 4.69) is 15.8 Å². The lowest BCUT2D eigenvalue weighted by molar-refractivity contribution is 0.0849. The van der Waals surface area contributed by atoms with Gasteiger partial charge in [-0.2, -0.15) is 0 Å². The van der Waals surface area contributed by atoms with Gasteiger partial charge in [-0.3, -0.25) is 29.8 Å². The normalized spacial score (nSPS) is 13.2. The Morgan fingerprint density at radius 1 is 0.909 bits per heavy atom. The summed E-state index contributed by atoms with van der Waals surface area (Å²) >= 11 is 1.50. The first-order valence-electron chi connectivity index (χ1n) is 10.9. The van der Waals surface area contributed by atoms with Gasteiger partial charge in [0.15, 0.2) is 0 Å². The number of aryl methyl sites for hydroxylation is 2. The molecule has 0 aliphatic heterocycles. The Labute approximate surface area is 194 Å².